The molecule has 0 radical (unpaired) electrons. The maximum absolute atomic E-state index is 12.3. The number of anilines is 1. The van der Waals surface area contributed by atoms with Crippen LogP contribution in [-0.4, -0.2) is 23.6 Å². The van der Waals surface area contributed by atoms with Gasteiger partial charge >= 0.3 is 5.97 Å². The number of halogens is 1. The molecule has 1 amide bonds. The summed E-state index contributed by atoms with van der Waals surface area (Å²) in [4.78, 5) is 24.0. The molecule has 2 N–H and O–H groups in total. The van der Waals surface area contributed by atoms with Crippen LogP contribution in [0.5, 0.6) is 5.75 Å². The lowest BCUT2D eigenvalue weighted by molar-refractivity contribution is -0.150. The van der Waals surface area contributed by atoms with Gasteiger partial charge in [0.25, 0.3) is 0 Å². The molecule has 0 heterocycles. The van der Waals surface area contributed by atoms with E-state index in [-0.39, 0.29) is 18.9 Å². The molecule has 6 heteroatoms. The zero-order valence-electron chi connectivity index (χ0n) is 16.7. The highest BCUT2D eigenvalue weighted by Crippen LogP contribution is 2.42. The Bertz CT molecular complexity index is 876. The lowest BCUT2D eigenvalue weighted by atomic mass is 9.86. The molecule has 154 valence electrons. The fourth-order valence-corrected chi connectivity index (χ4v) is 4.19. The van der Waals surface area contributed by atoms with Crippen LogP contribution in [0.1, 0.15) is 37.3 Å². The Hall–Kier alpha value is -2.53. The third-order valence-corrected chi connectivity index (χ3v) is 5.66. The van der Waals surface area contributed by atoms with Gasteiger partial charge in [-0.2, -0.15) is 0 Å². The van der Waals surface area contributed by atoms with Gasteiger partial charge in [0, 0.05) is 10.7 Å². The summed E-state index contributed by atoms with van der Waals surface area (Å²) < 4.78 is 5.79. The van der Waals surface area contributed by atoms with Crippen LogP contribution in [0.4, 0.5) is 5.69 Å². The van der Waals surface area contributed by atoms with Crippen molar-refractivity contribution < 1.29 is 19.4 Å². The number of hydrogen-bond acceptors (Lipinski definition) is 3. The predicted octanol–water partition coefficient (Wildman–Crippen LogP) is 5.10. The molecule has 1 aliphatic rings. The molecular weight excluding hydrogens is 390 g/mol. The van der Waals surface area contributed by atoms with Crippen LogP contribution < -0.4 is 10.1 Å². The topological polar surface area (TPSA) is 75.6 Å². The third kappa shape index (κ3) is 5.51. The zero-order chi connectivity index (χ0) is 21.0. The number of aliphatic carboxylic acids is 1. The number of benzene rings is 2. The molecule has 3 rings (SSSR count). The molecule has 29 heavy (non-hydrogen) atoms. The molecule has 1 fully saturated rings. The Labute approximate surface area is 176 Å². The highest BCUT2D eigenvalue weighted by Gasteiger charge is 2.45. The second kappa shape index (κ2) is 8.87. The van der Waals surface area contributed by atoms with E-state index < -0.39 is 11.4 Å². The van der Waals surface area contributed by atoms with Crippen molar-refractivity contribution in [3.05, 3.63) is 58.6 Å². The second-order valence-electron chi connectivity index (χ2n) is 8.11. The number of carboxylic acids is 1. The molecule has 0 aliphatic heterocycles. The largest absolute Gasteiger partial charge is 0.492 e. The average molecular weight is 416 g/mol. The normalized spacial score (nSPS) is 21.0. The standard InChI is InChI=1S/C23H26ClNO4/c1-15-7-8-23(13-15,22(27)28)14-29-20-5-3-17(4-6-20)11-21(26)25-19-10-16(2)9-18(24)12-19/h3-6,9-10,12,15H,7-8,11,13-14H2,1-2H3,(H,25,26)(H,27,28). The lowest BCUT2D eigenvalue weighted by Crippen LogP contribution is -2.34. The van der Waals surface area contributed by atoms with Crippen LogP contribution in [0, 0.1) is 18.3 Å². The van der Waals surface area contributed by atoms with Gasteiger partial charge < -0.3 is 15.2 Å². The Balaban J connectivity index is 1.56. The summed E-state index contributed by atoms with van der Waals surface area (Å²) in [5.41, 5.74) is 1.69. The van der Waals surface area contributed by atoms with E-state index in [9.17, 15) is 14.7 Å². The fourth-order valence-electron chi connectivity index (χ4n) is 3.91. The van der Waals surface area contributed by atoms with Crippen molar-refractivity contribution in [2.45, 2.75) is 39.5 Å². The van der Waals surface area contributed by atoms with E-state index in [4.69, 9.17) is 16.3 Å². The number of carbonyl (C=O) groups excluding carboxylic acids is 1. The minimum Gasteiger partial charge on any atom is -0.492 e. The summed E-state index contributed by atoms with van der Waals surface area (Å²) in [6, 6.07) is 12.6. The van der Waals surface area contributed by atoms with Gasteiger partial charge in [0.1, 0.15) is 17.8 Å². The van der Waals surface area contributed by atoms with Crippen LogP contribution in [0.25, 0.3) is 0 Å². The summed E-state index contributed by atoms with van der Waals surface area (Å²) in [6.07, 6.45) is 2.42. The summed E-state index contributed by atoms with van der Waals surface area (Å²) in [5, 5.41) is 13.1. The molecule has 1 saturated carbocycles. The number of rotatable bonds is 7. The highest BCUT2D eigenvalue weighted by molar-refractivity contribution is 6.31. The minimum absolute atomic E-state index is 0.134. The smallest absolute Gasteiger partial charge is 0.313 e. The first-order valence-corrected chi connectivity index (χ1v) is 10.2. The Morgan fingerprint density at radius 3 is 2.55 bits per heavy atom. The van der Waals surface area contributed by atoms with Gasteiger partial charge in [-0.3, -0.25) is 9.59 Å². The van der Waals surface area contributed by atoms with Crippen LogP contribution in [0.2, 0.25) is 5.02 Å². The molecule has 2 aromatic carbocycles. The second-order valence-corrected chi connectivity index (χ2v) is 8.54. The number of ether oxygens (including phenoxy) is 1. The first-order valence-electron chi connectivity index (χ1n) is 9.78. The Kier molecular flexibility index (Phi) is 6.48. The van der Waals surface area contributed by atoms with E-state index in [0.29, 0.717) is 35.2 Å². The summed E-state index contributed by atoms with van der Waals surface area (Å²) in [6.45, 7) is 4.16. The van der Waals surface area contributed by atoms with Crippen molar-refractivity contribution in [3.63, 3.8) is 0 Å². The minimum atomic E-state index is -0.799. The molecule has 5 nitrogen and oxygen atoms in total. The number of aryl methyl sites for hydroxylation is 1. The van der Waals surface area contributed by atoms with Crippen molar-refractivity contribution in [2.24, 2.45) is 11.3 Å². The highest BCUT2D eigenvalue weighted by atomic mass is 35.5. The van der Waals surface area contributed by atoms with Gasteiger partial charge in [-0.05, 0) is 73.6 Å². The molecule has 2 aromatic rings. The maximum atomic E-state index is 12.3. The number of hydrogen-bond donors (Lipinski definition) is 2. The first-order chi connectivity index (χ1) is 13.8. The van der Waals surface area contributed by atoms with Crippen molar-refractivity contribution in [1.82, 2.24) is 0 Å². The van der Waals surface area contributed by atoms with Crippen molar-refractivity contribution in [2.75, 3.05) is 11.9 Å². The van der Waals surface area contributed by atoms with Gasteiger partial charge in [0.2, 0.25) is 5.91 Å². The van der Waals surface area contributed by atoms with Crippen molar-refractivity contribution >= 4 is 29.2 Å². The average Bonchev–Trinajstić information content (AvgIpc) is 3.02. The van der Waals surface area contributed by atoms with Gasteiger partial charge in [-0.25, -0.2) is 0 Å². The molecule has 0 spiro atoms. The zero-order valence-corrected chi connectivity index (χ0v) is 17.5. The third-order valence-electron chi connectivity index (χ3n) is 5.44. The molecular formula is C23H26ClNO4. The maximum Gasteiger partial charge on any atom is 0.313 e. The van der Waals surface area contributed by atoms with Crippen LogP contribution in [0.15, 0.2) is 42.5 Å². The van der Waals surface area contributed by atoms with Gasteiger partial charge in [-0.15, -0.1) is 0 Å². The molecule has 1 aliphatic carbocycles. The van der Waals surface area contributed by atoms with E-state index in [0.717, 1.165) is 17.5 Å². The van der Waals surface area contributed by atoms with Gasteiger partial charge in [0.15, 0.2) is 0 Å². The van der Waals surface area contributed by atoms with Crippen LogP contribution in [-0.2, 0) is 16.0 Å². The van der Waals surface area contributed by atoms with E-state index in [1.807, 2.05) is 31.2 Å². The van der Waals surface area contributed by atoms with Crippen LogP contribution >= 0.6 is 11.6 Å². The molecule has 2 atom stereocenters. The van der Waals surface area contributed by atoms with E-state index >= 15 is 0 Å². The fraction of sp³-hybridized carbons (Fsp3) is 0.391. The molecule has 0 aromatic heterocycles. The SMILES string of the molecule is Cc1cc(Cl)cc(NC(=O)Cc2ccc(OCC3(C(=O)O)CCC(C)C3)cc2)c1. The Morgan fingerprint density at radius 2 is 1.97 bits per heavy atom. The molecule has 0 saturated heterocycles. The number of amides is 1. The monoisotopic (exact) mass is 415 g/mol. The summed E-state index contributed by atoms with van der Waals surface area (Å²) >= 11 is 6.02. The van der Waals surface area contributed by atoms with E-state index in [2.05, 4.69) is 12.2 Å². The quantitative estimate of drug-likeness (QED) is 0.659. The lowest BCUT2D eigenvalue weighted by Gasteiger charge is -2.24. The molecule has 0 bridgehead atoms. The van der Waals surface area contributed by atoms with Gasteiger partial charge in [-0.1, -0.05) is 30.7 Å². The first kappa shape index (κ1) is 21.2. The number of carboxylic acid groups (broad SMARTS) is 1. The predicted molar refractivity (Wildman–Crippen MR) is 114 cm³/mol. The number of carbonyl (C=O) groups is 2. The summed E-state index contributed by atoms with van der Waals surface area (Å²) in [5.74, 6) is 0.0928. The van der Waals surface area contributed by atoms with Crippen molar-refractivity contribution in [3.8, 4) is 5.75 Å². The van der Waals surface area contributed by atoms with Crippen LogP contribution in [0.3, 0.4) is 0 Å². The summed E-state index contributed by atoms with van der Waals surface area (Å²) in [7, 11) is 0. The Morgan fingerprint density at radius 1 is 1.24 bits per heavy atom. The molecule has 2 unspecified atom stereocenters. The van der Waals surface area contributed by atoms with Gasteiger partial charge in [0.05, 0.1) is 6.42 Å². The van der Waals surface area contributed by atoms with Crippen molar-refractivity contribution in [1.29, 1.82) is 0 Å². The van der Waals surface area contributed by atoms with E-state index in [1.54, 1.807) is 18.2 Å². The van der Waals surface area contributed by atoms with E-state index in [1.165, 1.54) is 0 Å². The number of nitrogens with one attached hydrogen (secondary N) is 1.